The van der Waals surface area contributed by atoms with Crippen LogP contribution in [0.2, 0.25) is 0 Å². The number of aromatic nitrogens is 2. The van der Waals surface area contributed by atoms with Crippen molar-refractivity contribution in [2.75, 3.05) is 0 Å². The zero-order chi connectivity index (χ0) is 14.2. The fourth-order valence-electron chi connectivity index (χ4n) is 2.60. The van der Waals surface area contributed by atoms with Crippen LogP contribution < -0.4 is 5.73 Å². The Labute approximate surface area is 134 Å². The van der Waals surface area contributed by atoms with Gasteiger partial charge in [-0.2, -0.15) is 4.98 Å². The summed E-state index contributed by atoms with van der Waals surface area (Å²) in [5.41, 5.74) is 6.88. The van der Waals surface area contributed by atoms with E-state index in [1.54, 1.807) is 0 Å². The quantitative estimate of drug-likeness (QED) is 0.812. The van der Waals surface area contributed by atoms with Crippen molar-refractivity contribution in [3.05, 3.63) is 33.0 Å². The van der Waals surface area contributed by atoms with Crippen molar-refractivity contribution in [1.82, 2.24) is 10.1 Å². The number of nitrogens with zero attached hydrogens (tertiary/aromatic N) is 2. The summed E-state index contributed by atoms with van der Waals surface area (Å²) in [5, 5.41) is 4.11. The molecule has 1 saturated carbocycles. The minimum Gasteiger partial charge on any atom is -0.334 e. The molecule has 0 radical (unpaired) electrons. The second kappa shape index (κ2) is 5.58. The van der Waals surface area contributed by atoms with Gasteiger partial charge in [0.1, 0.15) is 0 Å². The van der Waals surface area contributed by atoms with Gasteiger partial charge in [0.2, 0.25) is 0 Å². The van der Waals surface area contributed by atoms with E-state index in [-0.39, 0.29) is 0 Å². The molecule has 1 heterocycles. The van der Waals surface area contributed by atoms with Gasteiger partial charge in [0.25, 0.3) is 5.89 Å². The van der Waals surface area contributed by atoms with Crippen LogP contribution in [0.25, 0.3) is 11.5 Å². The van der Waals surface area contributed by atoms with Crippen LogP contribution in [0.3, 0.4) is 0 Å². The van der Waals surface area contributed by atoms with Gasteiger partial charge in [0, 0.05) is 8.95 Å². The average molecular weight is 401 g/mol. The van der Waals surface area contributed by atoms with Crippen LogP contribution in [0.4, 0.5) is 0 Å². The predicted molar refractivity (Wildman–Crippen MR) is 84.1 cm³/mol. The molecule has 20 heavy (non-hydrogen) atoms. The summed E-state index contributed by atoms with van der Waals surface area (Å²) < 4.78 is 7.31. The van der Waals surface area contributed by atoms with Crippen LogP contribution in [-0.2, 0) is 5.54 Å². The van der Waals surface area contributed by atoms with E-state index in [0.29, 0.717) is 11.7 Å². The van der Waals surface area contributed by atoms with E-state index in [2.05, 4.69) is 42.0 Å². The van der Waals surface area contributed by atoms with Crippen molar-refractivity contribution in [2.24, 2.45) is 5.73 Å². The molecule has 0 amide bonds. The molecule has 3 rings (SSSR count). The molecule has 0 unspecified atom stereocenters. The third-order valence-corrected chi connectivity index (χ3v) is 4.93. The molecule has 0 spiro atoms. The van der Waals surface area contributed by atoms with Crippen molar-refractivity contribution < 1.29 is 4.52 Å². The van der Waals surface area contributed by atoms with E-state index in [4.69, 9.17) is 10.3 Å². The topological polar surface area (TPSA) is 64.9 Å². The molecule has 6 heteroatoms. The van der Waals surface area contributed by atoms with Crippen LogP contribution in [0.15, 0.2) is 31.7 Å². The molecule has 2 aromatic rings. The second-order valence-corrected chi connectivity index (χ2v) is 7.03. The summed E-state index contributed by atoms with van der Waals surface area (Å²) in [6.45, 7) is 0. The summed E-state index contributed by atoms with van der Waals surface area (Å²) in [4.78, 5) is 4.52. The van der Waals surface area contributed by atoms with E-state index in [1.807, 2.05) is 18.2 Å². The van der Waals surface area contributed by atoms with Crippen molar-refractivity contribution in [1.29, 1.82) is 0 Å². The maximum Gasteiger partial charge on any atom is 0.259 e. The molecule has 1 aromatic carbocycles. The minimum atomic E-state index is -0.429. The molecular weight excluding hydrogens is 386 g/mol. The summed E-state index contributed by atoms with van der Waals surface area (Å²) in [6.07, 6.45) is 5.34. The zero-order valence-electron chi connectivity index (χ0n) is 10.9. The molecule has 0 atom stereocenters. The first-order valence-electron chi connectivity index (χ1n) is 6.67. The fraction of sp³-hybridized carbons (Fsp3) is 0.429. The van der Waals surface area contributed by atoms with Crippen LogP contribution >= 0.6 is 31.9 Å². The minimum absolute atomic E-state index is 0.429. The lowest BCUT2D eigenvalue weighted by molar-refractivity contribution is 0.275. The number of benzene rings is 1. The van der Waals surface area contributed by atoms with Crippen LogP contribution in [0, 0.1) is 0 Å². The molecule has 1 aliphatic rings. The SMILES string of the molecule is NC1(c2noc(-c3ccc(Br)cc3Br)n2)CCCCC1. The molecule has 0 bridgehead atoms. The van der Waals surface area contributed by atoms with Gasteiger partial charge in [0.05, 0.1) is 11.1 Å². The van der Waals surface area contributed by atoms with Gasteiger partial charge in [-0.15, -0.1) is 0 Å². The fourth-order valence-corrected chi connectivity index (χ4v) is 3.82. The summed E-state index contributed by atoms with van der Waals surface area (Å²) in [6, 6.07) is 5.84. The Morgan fingerprint density at radius 3 is 2.60 bits per heavy atom. The zero-order valence-corrected chi connectivity index (χ0v) is 14.1. The third-order valence-electron chi connectivity index (χ3n) is 3.78. The number of rotatable bonds is 2. The number of hydrogen-bond donors (Lipinski definition) is 1. The Hall–Kier alpha value is -0.720. The molecule has 2 N–H and O–H groups in total. The summed E-state index contributed by atoms with van der Waals surface area (Å²) >= 11 is 6.94. The Bertz CT molecular complexity index is 621. The lowest BCUT2D eigenvalue weighted by Gasteiger charge is -2.29. The lowest BCUT2D eigenvalue weighted by Crippen LogP contribution is -2.39. The molecule has 1 aromatic heterocycles. The van der Waals surface area contributed by atoms with Crippen molar-refractivity contribution in [2.45, 2.75) is 37.6 Å². The summed E-state index contributed by atoms with van der Waals surface area (Å²) in [7, 11) is 0. The van der Waals surface area contributed by atoms with Gasteiger partial charge < -0.3 is 10.3 Å². The van der Waals surface area contributed by atoms with Crippen molar-refractivity contribution >= 4 is 31.9 Å². The molecule has 106 valence electrons. The Morgan fingerprint density at radius 1 is 1.15 bits per heavy atom. The molecule has 1 fully saturated rings. The predicted octanol–water partition coefficient (Wildman–Crippen LogP) is 4.38. The number of hydrogen-bond acceptors (Lipinski definition) is 4. The molecular formula is C14H15Br2N3O. The van der Waals surface area contributed by atoms with E-state index >= 15 is 0 Å². The van der Waals surface area contributed by atoms with Gasteiger partial charge in [-0.05, 0) is 47.0 Å². The normalized spacial score (nSPS) is 18.1. The van der Waals surface area contributed by atoms with E-state index in [0.717, 1.165) is 40.2 Å². The second-order valence-electron chi connectivity index (χ2n) is 5.26. The first-order chi connectivity index (χ1) is 9.58. The first-order valence-corrected chi connectivity index (χ1v) is 8.26. The largest absolute Gasteiger partial charge is 0.334 e. The molecule has 0 saturated heterocycles. The van der Waals surface area contributed by atoms with Gasteiger partial charge in [-0.1, -0.05) is 40.3 Å². The van der Waals surface area contributed by atoms with Gasteiger partial charge in [0.15, 0.2) is 5.82 Å². The van der Waals surface area contributed by atoms with E-state index < -0.39 is 5.54 Å². The van der Waals surface area contributed by atoms with Crippen molar-refractivity contribution in [3.8, 4) is 11.5 Å². The third kappa shape index (κ3) is 2.69. The Balaban J connectivity index is 1.93. The Morgan fingerprint density at radius 2 is 1.90 bits per heavy atom. The van der Waals surface area contributed by atoms with E-state index in [1.165, 1.54) is 6.42 Å². The maximum absolute atomic E-state index is 6.43. The highest BCUT2D eigenvalue weighted by molar-refractivity contribution is 9.11. The number of halogens is 2. The molecule has 1 aliphatic carbocycles. The highest BCUT2D eigenvalue weighted by Gasteiger charge is 2.34. The Kier molecular flexibility index (Phi) is 3.97. The standard InChI is InChI=1S/C14H15Br2N3O/c15-9-4-5-10(11(16)8-9)12-18-13(19-20-12)14(17)6-2-1-3-7-14/h4-5,8H,1-3,6-7,17H2. The maximum atomic E-state index is 6.43. The number of nitrogens with two attached hydrogens (primary N) is 1. The van der Waals surface area contributed by atoms with Crippen LogP contribution in [0.1, 0.15) is 37.9 Å². The monoisotopic (exact) mass is 399 g/mol. The van der Waals surface area contributed by atoms with E-state index in [9.17, 15) is 0 Å². The van der Waals surface area contributed by atoms with Crippen molar-refractivity contribution in [3.63, 3.8) is 0 Å². The van der Waals surface area contributed by atoms with Crippen LogP contribution in [-0.4, -0.2) is 10.1 Å². The van der Waals surface area contributed by atoms with Gasteiger partial charge in [-0.25, -0.2) is 0 Å². The average Bonchev–Trinajstić information content (AvgIpc) is 2.90. The molecule has 0 aliphatic heterocycles. The lowest BCUT2D eigenvalue weighted by atomic mass is 9.82. The molecule has 4 nitrogen and oxygen atoms in total. The van der Waals surface area contributed by atoms with Gasteiger partial charge >= 0.3 is 0 Å². The smallest absolute Gasteiger partial charge is 0.259 e. The van der Waals surface area contributed by atoms with Gasteiger partial charge in [-0.3, -0.25) is 0 Å². The van der Waals surface area contributed by atoms with Crippen LogP contribution in [0.5, 0.6) is 0 Å². The first kappa shape index (κ1) is 14.2. The highest BCUT2D eigenvalue weighted by Crippen LogP contribution is 2.35. The highest BCUT2D eigenvalue weighted by atomic mass is 79.9. The summed E-state index contributed by atoms with van der Waals surface area (Å²) in [5.74, 6) is 1.14.